The molecule has 39 heavy (non-hydrogen) atoms. The summed E-state index contributed by atoms with van der Waals surface area (Å²) in [6, 6.07) is 22.7. The lowest BCUT2D eigenvalue weighted by atomic mass is 9.67. The van der Waals surface area contributed by atoms with Gasteiger partial charge in [0.05, 0.1) is 4.92 Å². The number of ketones is 1. The summed E-state index contributed by atoms with van der Waals surface area (Å²) in [5.74, 6) is -0.344. The van der Waals surface area contributed by atoms with E-state index >= 15 is 0 Å². The molecule has 0 amide bonds. The summed E-state index contributed by atoms with van der Waals surface area (Å²) in [6.45, 7) is 4.21. The van der Waals surface area contributed by atoms with Crippen LogP contribution >= 0.6 is 15.9 Å². The van der Waals surface area contributed by atoms with Gasteiger partial charge in [0.1, 0.15) is 0 Å². The maximum atomic E-state index is 14.3. The average molecular weight is 585 g/mol. The first kappa shape index (κ1) is 26.6. The average Bonchev–Trinajstić information content (AvgIpc) is 2.91. The van der Waals surface area contributed by atoms with E-state index in [0.717, 1.165) is 43.8 Å². The predicted octanol–water partition coefficient (Wildman–Crippen LogP) is 7.49. The van der Waals surface area contributed by atoms with Crippen molar-refractivity contribution in [3.8, 4) is 0 Å². The lowest BCUT2D eigenvalue weighted by Crippen LogP contribution is -2.37. The van der Waals surface area contributed by atoms with E-state index in [9.17, 15) is 14.9 Å². The summed E-state index contributed by atoms with van der Waals surface area (Å²) in [5, 5.41) is 14.9. The zero-order valence-corrected chi connectivity index (χ0v) is 24.0. The van der Waals surface area contributed by atoms with Crippen LogP contribution in [0.25, 0.3) is 11.8 Å². The number of Topliss-reactive ketones (excluding diaryl/α,β-unsaturated/α-hetero) is 1. The topological polar surface area (TPSA) is 75.5 Å². The predicted molar refractivity (Wildman–Crippen MR) is 160 cm³/mol. The fraction of sp³-hybridized carbons (Fsp3) is 0.219. The smallest absolute Gasteiger partial charge is 0.269 e. The van der Waals surface area contributed by atoms with Crippen LogP contribution in [0.15, 0.2) is 100 Å². The maximum Gasteiger partial charge on any atom is 0.269 e. The highest BCUT2D eigenvalue weighted by molar-refractivity contribution is 9.10. The molecule has 3 aromatic rings. The molecule has 5 rings (SSSR count). The van der Waals surface area contributed by atoms with Gasteiger partial charge in [-0.15, -0.1) is 0 Å². The van der Waals surface area contributed by atoms with Crippen molar-refractivity contribution in [3.05, 3.63) is 127 Å². The molecule has 6 nitrogen and oxygen atoms in total. The Labute approximate surface area is 237 Å². The number of carbonyl (C=O) groups is 1. The summed E-state index contributed by atoms with van der Waals surface area (Å²) in [7, 11) is 4.00. The van der Waals surface area contributed by atoms with E-state index in [2.05, 4.69) is 41.2 Å². The normalized spacial score (nSPS) is 19.3. The molecule has 7 heteroatoms. The molecule has 0 spiro atoms. The molecule has 3 aromatic carbocycles. The van der Waals surface area contributed by atoms with E-state index in [1.807, 2.05) is 73.6 Å². The first-order valence-corrected chi connectivity index (χ1v) is 13.6. The fourth-order valence-electron chi connectivity index (χ4n) is 5.28. The van der Waals surface area contributed by atoms with Gasteiger partial charge in [0.25, 0.3) is 5.69 Å². The molecule has 0 saturated heterocycles. The number of nitrogens with zero attached hydrogens (tertiary/aromatic N) is 2. The standard InChI is InChI=1S/C32H30BrN3O3/c1-32(2)19-29-30(31(37)27(32)17-20-5-13-24(14-6-20)35(3)4)26(21-9-15-25(16-10-21)36(38)39)18-28(34-29)22-7-11-23(33)12-8-22/h5-18,26,34H,19H2,1-4H3/b27-17+. The van der Waals surface area contributed by atoms with Crippen molar-refractivity contribution in [2.24, 2.45) is 5.41 Å². The van der Waals surface area contributed by atoms with E-state index in [4.69, 9.17) is 0 Å². The van der Waals surface area contributed by atoms with Crippen molar-refractivity contribution in [1.29, 1.82) is 0 Å². The Hall–Kier alpha value is -3.97. The number of anilines is 1. The molecule has 0 saturated carbocycles. The van der Waals surface area contributed by atoms with E-state index in [1.165, 1.54) is 12.1 Å². The van der Waals surface area contributed by atoms with Gasteiger partial charge in [-0.2, -0.15) is 0 Å². The Morgan fingerprint density at radius 1 is 1.00 bits per heavy atom. The molecule has 1 unspecified atom stereocenters. The third-order valence-corrected chi connectivity index (χ3v) is 7.96. The second-order valence-corrected chi connectivity index (χ2v) is 11.8. The minimum atomic E-state index is -0.406. The first-order valence-electron chi connectivity index (χ1n) is 12.8. The second-order valence-electron chi connectivity index (χ2n) is 10.9. The number of hydrogen-bond donors (Lipinski definition) is 1. The highest BCUT2D eigenvalue weighted by Crippen LogP contribution is 2.48. The van der Waals surface area contributed by atoms with Crippen LogP contribution in [-0.4, -0.2) is 24.8 Å². The lowest BCUT2D eigenvalue weighted by Gasteiger charge is -2.40. The number of allylic oxidation sites excluding steroid dienone is 4. The molecule has 0 fully saturated rings. The van der Waals surface area contributed by atoms with Gasteiger partial charge in [-0.3, -0.25) is 14.9 Å². The molecule has 1 aliphatic carbocycles. The van der Waals surface area contributed by atoms with Crippen LogP contribution in [0, 0.1) is 15.5 Å². The number of dihydropyridines is 1. The van der Waals surface area contributed by atoms with Gasteiger partial charge in [0, 0.05) is 64.8 Å². The summed E-state index contributed by atoms with van der Waals surface area (Å²) < 4.78 is 0.983. The van der Waals surface area contributed by atoms with Gasteiger partial charge in [-0.1, -0.05) is 66.2 Å². The number of benzene rings is 3. The van der Waals surface area contributed by atoms with E-state index in [1.54, 1.807) is 12.1 Å². The van der Waals surface area contributed by atoms with E-state index in [-0.39, 0.29) is 17.4 Å². The molecule has 0 radical (unpaired) electrons. The Balaban J connectivity index is 1.61. The molecule has 1 N–H and O–H groups in total. The van der Waals surface area contributed by atoms with Gasteiger partial charge in [0.2, 0.25) is 0 Å². The Morgan fingerprint density at radius 3 is 2.23 bits per heavy atom. The maximum absolute atomic E-state index is 14.3. The van der Waals surface area contributed by atoms with E-state index < -0.39 is 10.3 Å². The van der Waals surface area contributed by atoms with Crippen molar-refractivity contribution >= 4 is 44.9 Å². The minimum Gasteiger partial charge on any atom is -0.378 e. The zero-order valence-electron chi connectivity index (χ0n) is 22.4. The van der Waals surface area contributed by atoms with Gasteiger partial charge in [-0.25, -0.2) is 0 Å². The summed E-state index contributed by atoms with van der Waals surface area (Å²) in [4.78, 5) is 27.2. The van der Waals surface area contributed by atoms with Gasteiger partial charge < -0.3 is 10.2 Å². The van der Waals surface area contributed by atoms with Crippen molar-refractivity contribution in [2.75, 3.05) is 19.0 Å². The zero-order chi connectivity index (χ0) is 27.9. The van der Waals surface area contributed by atoms with Crippen LogP contribution in [-0.2, 0) is 4.79 Å². The molecule has 198 valence electrons. The Bertz CT molecular complexity index is 1530. The van der Waals surface area contributed by atoms with E-state index in [0.29, 0.717) is 12.0 Å². The molecule has 1 atom stereocenters. The Kier molecular flexibility index (Phi) is 7.03. The third-order valence-electron chi connectivity index (χ3n) is 7.43. The van der Waals surface area contributed by atoms with Gasteiger partial charge in [0.15, 0.2) is 5.78 Å². The minimum absolute atomic E-state index is 0.0000972. The Morgan fingerprint density at radius 2 is 1.64 bits per heavy atom. The number of halogens is 1. The third kappa shape index (κ3) is 5.32. The highest BCUT2D eigenvalue weighted by atomic mass is 79.9. The number of nitro groups is 1. The molecule has 2 aliphatic rings. The van der Waals surface area contributed by atoms with Gasteiger partial charge in [-0.05, 0) is 64.9 Å². The molecule has 0 aromatic heterocycles. The number of nitro benzene ring substituents is 1. The summed E-state index contributed by atoms with van der Waals surface area (Å²) >= 11 is 3.50. The lowest BCUT2D eigenvalue weighted by molar-refractivity contribution is -0.384. The quantitative estimate of drug-likeness (QED) is 0.191. The number of rotatable bonds is 5. The molecule has 0 bridgehead atoms. The number of carbonyl (C=O) groups excluding carboxylic acids is 1. The van der Waals surface area contributed by atoms with Crippen LogP contribution in [0.2, 0.25) is 0 Å². The van der Waals surface area contributed by atoms with Crippen LogP contribution in [0.4, 0.5) is 11.4 Å². The largest absolute Gasteiger partial charge is 0.378 e. The van der Waals surface area contributed by atoms with Gasteiger partial charge >= 0.3 is 0 Å². The highest BCUT2D eigenvalue weighted by Gasteiger charge is 2.42. The SMILES string of the molecule is CN(C)c1ccc(/C=C2\C(=O)C3=C(CC2(C)C)NC(c2ccc(Br)cc2)=CC3c2ccc([N+](=O)[O-])cc2)cc1. The van der Waals surface area contributed by atoms with Crippen LogP contribution in [0.5, 0.6) is 0 Å². The fourth-order valence-corrected chi connectivity index (χ4v) is 5.54. The van der Waals surface area contributed by atoms with Crippen LogP contribution in [0.3, 0.4) is 0 Å². The molecule has 1 aliphatic heterocycles. The molecular weight excluding hydrogens is 554 g/mol. The van der Waals surface area contributed by atoms with Crippen molar-refractivity contribution in [1.82, 2.24) is 5.32 Å². The number of hydrogen-bond acceptors (Lipinski definition) is 5. The number of non-ortho nitro benzene ring substituents is 1. The molecule has 1 heterocycles. The monoisotopic (exact) mass is 583 g/mol. The van der Waals surface area contributed by atoms with Crippen molar-refractivity contribution < 1.29 is 9.72 Å². The summed E-state index contributed by atoms with van der Waals surface area (Å²) in [6.07, 6.45) is 4.72. The molecular formula is C32H30BrN3O3. The van der Waals surface area contributed by atoms with Crippen LogP contribution < -0.4 is 10.2 Å². The second kappa shape index (κ2) is 10.3. The summed E-state index contributed by atoms with van der Waals surface area (Å²) in [5.41, 5.74) is 6.81. The van der Waals surface area contributed by atoms with Crippen molar-refractivity contribution in [3.63, 3.8) is 0 Å². The van der Waals surface area contributed by atoms with Crippen molar-refractivity contribution in [2.45, 2.75) is 26.2 Å². The number of nitrogens with one attached hydrogen (secondary N) is 1. The van der Waals surface area contributed by atoms with Crippen LogP contribution in [0.1, 0.15) is 42.9 Å². The first-order chi connectivity index (χ1) is 18.5.